The Bertz CT molecular complexity index is 863. The van der Waals surface area contributed by atoms with Crippen molar-refractivity contribution in [3.05, 3.63) is 71.0 Å². The zero-order chi connectivity index (χ0) is 17.1. The number of carbonyl (C=O) groups is 1. The molecule has 0 aliphatic heterocycles. The molecule has 3 rings (SSSR count). The van der Waals surface area contributed by atoms with Crippen LogP contribution in [-0.2, 0) is 24.2 Å². The Morgan fingerprint density at radius 1 is 1.12 bits per heavy atom. The van der Waals surface area contributed by atoms with E-state index in [0.29, 0.717) is 13.0 Å². The number of carbonyl (C=O) groups excluding carboxylic acids is 1. The normalized spacial score (nSPS) is 11.0. The van der Waals surface area contributed by atoms with E-state index in [1.54, 1.807) is 11.2 Å². The van der Waals surface area contributed by atoms with Crippen LogP contribution in [0.4, 0.5) is 0 Å². The van der Waals surface area contributed by atoms with Gasteiger partial charge in [0.1, 0.15) is 5.58 Å². The van der Waals surface area contributed by atoms with E-state index in [0.717, 1.165) is 23.0 Å². The molecular weight excluding hydrogens is 298 g/mol. The third-order valence-corrected chi connectivity index (χ3v) is 4.56. The van der Waals surface area contributed by atoms with Crippen molar-refractivity contribution in [3.63, 3.8) is 0 Å². The molecule has 124 valence electrons. The maximum absolute atomic E-state index is 12.6. The SMILES string of the molecule is CCc1ccc2c(CC(=O)N(C)Cc3ccccc3C)coc2c1. The molecule has 0 aliphatic carbocycles. The van der Waals surface area contributed by atoms with Crippen molar-refractivity contribution in [2.24, 2.45) is 0 Å². The minimum atomic E-state index is 0.0977. The van der Waals surface area contributed by atoms with E-state index in [1.165, 1.54) is 16.7 Å². The fourth-order valence-electron chi connectivity index (χ4n) is 2.91. The van der Waals surface area contributed by atoms with Crippen molar-refractivity contribution in [2.75, 3.05) is 7.05 Å². The summed E-state index contributed by atoms with van der Waals surface area (Å²) < 4.78 is 5.64. The van der Waals surface area contributed by atoms with Crippen molar-refractivity contribution in [2.45, 2.75) is 33.2 Å². The number of hydrogen-bond donors (Lipinski definition) is 0. The van der Waals surface area contributed by atoms with Crippen LogP contribution in [0.25, 0.3) is 11.0 Å². The Balaban J connectivity index is 1.73. The second kappa shape index (κ2) is 6.91. The molecule has 2 aromatic carbocycles. The first-order valence-corrected chi connectivity index (χ1v) is 8.36. The van der Waals surface area contributed by atoms with Crippen LogP contribution in [0.5, 0.6) is 0 Å². The van der Waals surface area contributed by atoms with Crippen LogP contribution in [0.3, 0.4) is 0 Å². The number of amides is 1. The summed E-state index contributed by atoms with van der Waals surface area (Å²) in [5.41, 5.74) is 5.44. The molecule has 0 bridgehead atoms. The number of aryl methyl sites for hydroxylation is 2. The van der Waals surface area contributed by atoms with Crippen LogP contribution in [-0.4, -0.2) is 17.9 Å². The standard InChI is InChI=1S/C21H23NO2/c1-4-16-9-10-19-18(14-24-20(19)11-16)12-21(23)22(3)13-17-8-6-5-7-15(17)2/h5-11,14H,4,12-13H2,1-3H3. The number of likely N-dealkylation sites (N-methyl/N-ethyl adjacent to an activating group) is 1. The van der Waals surface area contributed by atoms with Gasteiger partial charge >= 0.3 is 0 Å². The average Bonchev–Trinajstić information content (AvgIpc) is 2.98. The largest absolute Gasteiger partial charge is 0.464 e. The van der Waals surface area contributed by atoms with Gasteiger partial charge in [0, 0.05) is 24.5 Å². The van der Waals surface area contributed by atoms with Gasteiger partial charge < -0.3 is 9.32 Å². The molecule has 0 atom stereocenters. The molecule has 3 aromatic rings. The van der Waals surface area contributed by atoms with E-state index in [1.807, 2.05) is 19.2 Å². The Kier molecular flexibility index (Phi) is 4.70. The highest BCUT2D eigenvalue weighted by atomic mass is 16.3. The highest BCUT2D eigenvalue weighted by Gasteiger charge is 2.15. The van der Waals surface area contributed by atoms with E-state index in [9.17, 15) is 4.79 Å². The third-order valence-electron chi connectivity index (χ3n) is 4.56. The third kappa shape index (κ3) is 3.35. The predicted octanol–water partition coefficient (Wildman–Crippen LogP) is 4.50. The second-order valence-corrected chi connectivity index (χ2v) is 6.30. The first-order valence-electron chi connectivity index (χ1n) is 8.36. The second-order valence-electron chi connectivity index (χ2n) is 6.30. The van der Waals surface area contributed by atoms with E-state index in [-0.39, 0.29) is 5.91 Å². The number of rotatable bonds is 5. The molecule has 0 unspecified atom stereocenters. The molecule has 0 radical (unpaired) electrons. The maximum atomic E-state index is 12.6. The molecule has 1 aromatic heterocycles. The monoisotopic (exact) mass is 321 g/mol. The summed E-state index contributed by atoms with van der Waals surface area (Å²) in [6.07, 6.45) is 3.05. The van der Waals surface area contributed by atoms with Crippen molar-refractivity contribution < 1.29 is 9.21 Å². The Labute approximate surface area is 142 Å². The summed E-state index contributed by atoms with van der Waals surface area (Å²) >= 11 is 0. The van der Waals surface area contributed by atoms with Gasteiger partial charge in [-0.05, 0) is 36.1 Å². The molecular formula is C21H23NO2. The predicted molar refractivity (Wildman–Crippen MR) is 96.9 cm³/mol. The quantitative estimate of drug-likeness (QED) is 0.693. The summed E-state index contributed by atoms with van der Waals surface area (Å²) in [5.74, 6) is 0.0977. The lowest BCUT2D eigenvalue weighted by Crippen LogP contribution is -2.27. The van der Waals surface area contributed by atoms with Crippen molar-refractivity contribution in [1.82, 2.24) is 4.90 Å². The molecule has 24 heavy (non-hydrogen) atoms. The fraction of sp³-hybridized carbons (Fsp3) is 0.286. The highest BCUT2D eigenvalue weighted by molar-refractivity contribution is 5.87. The van der Waals surface area contributed by atoms with Gasteiger partial charge in [-0.1, -0.05) is 43.3 Å². The molecule has 0 spiro atoms. The summed E-state index contributed by atoms with van der Waals surface area (Å²) in [6.45, 7) is 4.82. The minimum Gasteiger partial charge on any atom is -0.464 e. The van der Waals surface area contributed by atoms with Gasteiger partial charge in [-0.2, -0.15) is 0 Å². The van der Waals surface area contributed by atoms with Crippen LogP contribution >= 0.6 is 0 Å². The molecule has 1 heterocycles. The lowest BCUT2D eigenvalue weighted by atomic mass is 10.1. The lowest BCUT2D eigenvalue weighted by molar-refractivity contribution is -0.129. The van der Waals surface area contributed by atoms with Crippen molar-refractivity contribution >= 4 is 16.9 Å². The summed E-state index contributed by atoms with van der Waals surface area (Å²) in [7, 11) is 1.85. The van der Waals surface area contributed by atoms with E-state index in [2.05, 4.69) is 44.2 Å². The van der Waals surface area contributed by atoms with Gasteiger partial charge in [0.05, 0.1) is 12.7 Å². The number of nitrogens with zero attached hydrogens (tertiary/aromatic N) is 1. The first kappa shape index (κ1) is 16.3. The molecule has 0 saturated heterocycles. The first-order chi connectivity index (χ1) is 11.6. The van der Waals surface area contributed by atoms with E-state index in [4.69, 9.17) is 4.42 Å². The molecule has 0 fully saturated rings. The van der Waals surface area contributed by atoms with Gasteiger partial charge in [0.2, 0.25) is 5.91 Å². The van der Waals surface area contributed by atoms with Crippen molar-refractivity contribution in [1.29, 1.82) is 0 Å². The highest BCUT2D eigenvalue weighted by Crippen LogP contribution is 2.23. The Morgan fingerprint density at radius 3 is 2.67 bits per heavy atom. The Morgan fingerprint density at radius 2 is 1.92 bits per heavy atom. The molecule has 3 nitrogen and oxygen atoms in total. The van der Waals surface area contributed by atoms with Crippen LogP contribution in [0.15, 0.2) is 53.1 Å². The van der Waals surface area contributed by atoms with E-state index >= 15 is 0 Å². The molecule has 0 saturated carbocycles. The number of hydrogen-bond acceptors (Lipinski definition) is 2. The zero-order valence-corrected chi connectivity index (χ0v) is 14.5. The smallest absolute Gasteiger partial charge is 0.227 e. The molecule has 0 N–H and O–H groups in total. The van der Waals surface area contributed by atoms with Gasteiger partial charge in [0.25, 0.3) is 0 Å². The number of fused-ring (bicyclic) bond motifs is 1. The molecule has 0 aliphatic rings. The fourth-order valence-corrected chi connectivity index (χ4v) is 2.91. The van der Waals surface area contributed by atoms with Crippen LogP contribution in [0.1, 0.15) is 29.2 Å². The van der Waals surface area contributed by atoms with Crippen molar-refractivity contribution in [3.8, 4) is 0 Å². The lowest BCUT2D eigenvalue weighted by Gasteiger charge is -2.18. The van der Waals surface area contributed by atoms with Gasteiger partial charge in [-0.25, -0.2) is 0 Å². The molecule has 3 heteroatoms. The minimum absolute atomic E-state index is 0.0977. The van der Waals surface area contributed by atoms with Crippen LogP contribution in [0, 0.1) is 6.92 Å². The average molecular weight is 321 g/mol. The Hall–Kier alpha value is -2.55. The van der Waals surface area contributed by atoms with Crippen LogP contribution in [0.2, 0.25) is 0 Å². The number of furan rings is 1. The van der Waals surface area contributed by atoms with Crippen LogP contribution < -0.4 is 0 Å². The molecule has 1 amide bonds. The zero-order valence-electron chi connectivity index (χ0n) is 14.5. The summed E-state index contributed by atoms with van der Waals surface area (Å²) in [5, 5.41) is 1.03. The van der Waals surface area contributed by atoms with Gasteiger partial charge in [0.15, 0.2) is 0 Å². The topological polar surface area (TPSA) is 33.5 Å². The van der Waals surface area contributed by atoms with Gasteiger partial charge in [-0.3, -0.25) is 4.79 Å². The van der Waals surface area contributed by atoms with E-state index < -0.39 is 0 Å². The maximum Gasteiger partial charge on any atom is 0.227 e. The summed E-state index contributed by atoms with van der Waals surface area (Å²) in [4.78, 5) is 14.4. The number of benzene rings is 2. The van der Waals surface area contributed by atoms with Gasteiger partial charge in [-0.15, -0.1) is 0 Å². The summed E-state index contributed by atoms with van der Waals surface area (Å²) in [6, 6.07) is 14.4.